The fourth-order valence-corrected chi connectivity index (χ4v) is 4.58. The molecule has 0 aromatic carbocycles. The van der Waals surface area contributed by atoms with E-state index in [1.165, 1.54) is 6.20 Å². The number of aromatic nitrogens is 4. The molecule has 0 spiro atoms. The van der Waals surface area contributed by atoms with Gasteiger partial charge in [-0.25, -0.2) is 4.98 Å². The van der Waals surface area contributed by atoms with Crippen molar-refractivity contribution in [1.29, 1.82) is 0 Å². The molecule has 2 atom stereocenters. The number of carbonyl (C=O) groups excluding carboxylic acids is 1. The van der Waals surface area contributed by atoms with Crippen LogP contribution in [0, 0.1) is 6.92 Å². The molecule has 1 fully saturated rings. The van der Waals surface area contributed by atoms with Gasteiger partial charge in [0, 0.05) is 29.4 Å². The molecular formula is C21H22BrN5O4S. The minimum absolute atomic E-state index is 0.0965. The molecule has 1 aliphatic rings. The van der Waals surface area contributed by atoms with Crippen LogP contribution in [-0.4, -0.2) is 50.5 Å². The van der Waals surface area contributed by atoms with Crippen LogP contribution in [0.5, 0.6) is 10.9 Å². The lowest BCUT2D eigenvalue weighted by molar-refractivity contribution is 0.0531. The third-order valence-corrected chi connectivity index (χ3v) is 6.29. The number of halogens is 1. The van der Waals surface area contributed by atoms with Crippen molar-refractivity contribution in [1.82, 2.24) is 20.2 Å². The average Bonchev–Trinajstić information content (AvgIpc) is 3.20. The topological polar surface area (TPSA) is 119 Å². The quantitative estimate of drug-likeness (QED) is 0.468. The minimum atomic E-state index is -0.377. The number of aliphatic hydroxyl groups is 1. The van der Waals surface area contributed by atoms with Gasteiger partial charge in [0.05, 0.1) is 25.0 Å². The summed E-state index contributed by atoms with van der Waals surface area (Å²) in [6.45, 7) is 1.85. The number of hydrogen-bond acceptors (Lipinski definition) is 9. The first-order valence-electron chi connectivity index (χ1n) is 10.1. The van der Waals surface area contributed by atoms with E-state index in [-0.39, 0.29) is 18.1 Å². The molecule has 11 heteroatoms. The SMILES string of the molecule is COc1cnc(Br)cc1-c1cc(C)ncc1C(=O)Nc1nnc(O[C@H]2CCC[C@@H](O)C2)s1. The largest absolute Gasteiger partial charge is 0.494 e. The molecule has 32 heavy (non-hydrogen) atoms. The van der Waals surface area contributed by atoms with Crippen LogP contribution < -0.4 is 14.8 Å². The molecule has 1 saturated carbocycles. The predicted molar refractivity (Wildman–Crippen MR) is 123 cm³/mol. The van der Waals surface area contributed by atoms with E-state index in [1.54, 1.807) is 19.4 Å². The number of nitrogens with one attached hydrogen (secondary N) is 1. The van der Waals surface area contributed by atoms with E-state index < -0.39 is 0 Å². The Morgan fingerprint density at radius 1 is 1.22 bits per heavy atom. The Balaban J connectivity index is 1.55. The van der Waals surface area contributed by atoms with Gasteiger partial charge in [0.1, 0.15) is 16.5 Å². The third-order valence-electron chi connectivity index (χ3n) is 5.12. The second kappa shape index (κ2) is 9.88. The first kappa shape index (κ1) is 22.6. The van der Waals surface area contributed by atoms with Gasteiger partial charge in [0.2, 0.25) is 5.13 Å². The Bertz CT molecular complexity index is 1130. The molecule has 2 N–H and O–H groups in total. The monoisotopic (exact) mass is 519 g/mol. The van der Waals surface area contributed by atoms with Gasteiger partial charge in [-0.05, 0) is 65.6 Å². The van der Waals surface area contributed by atoms with Crippen LogP contribution in [0.15, 0.2) is 29.1 Å². The highest BCUT2D eigenvalue weighted by Crippen LogP contribution is 2.34. The van der Waals surface area contributed by atoms with Gasteiger partial charge in [0.25, 0.3) is 11.1 Å². The van der Waals surface area contributed by atoms with E-state index in [2.05, 4.69) is 41.4 Å². The molecule has 4 rings (SSSR count). The van der Waals surface area contributed by atoms with Gasteiger partial charge in [-0.2, -0.15) is 0 Å². The van der Waals surface area contributed by atoms with Crippen molar-refractivity contribution in [3.05, 3.63) is 40.4 Å². The van der Waals surface area contributed by atoms with Crippen molar-refractivity contribution < 1.29 is 19.4 Å². The summed E-state index contributed by atoms with van der Waals surface area (Å²) in [6.07, 6.45) is 5.81. The van der Waals surface area contributed by atoms with Crippen LogP contribution >= 0.6 is 27.3 Å². The van der Waals surface area contributed by atoms with E-state index in [1.807, 2.05) is 13.0 Å². The molecule has 3 aromatic rings. The average molecular weight is 520 g/mol. The number of amides is 1. The molecule has 168 valence electrons. The number of methoxy groups -OCH3 is 1. The van der Waals surface area contributed by atoms with Gasteiger partial charge >= 0.3 is 0 Å². The molecule has 0 radical (unpaired) electrons. The highest BCUT2D eigenvalue weighted by Gasteiger charge is 2.24. The standard InChI is InChI=1S/C21H22BrN5O4S/c1-11-6-14(15-8-18(22)24-10-17(15)30-2)16(9-23-11)19(29)25-20-26-27-21(32-20)31-13-5-3-4-12(28)7-13/h6,8-10,12-13,28H,3-5,7H2,1-2H3,(H,25,26,29)/t12-,13+/m1/s1. The van der Waals surface area contributed by atoms with E-state index in [9.17, 15) is 9.90 Å². The van der Waals surface area contributed by atoms with Crippen molar-refractivity contribution in [3.63, 3.8) is 0 Å². The van der Waals surface area contributed by atoms with Crippen molar-refractivity contribution in [3.8, 4) is 22.1 Å². The van der Waals surface area contributed by atoms with E-state index in [0.29, 0.717) is 43.8 Å². The Morgan fingerprint density at radius 2 is 2.06 bits per heavy atom. The van der Waals surface area contributed by atoms with Crippen molar-refractivity contribution in [2.45, 2.75) is 44.8 Å². The highest BCUT2D eigenvalue weighted by molar-refractivity contribution is 9.10. The fourth-order valence-electron chi connectivity index (χ4n) is 3.60. The molecule has 3 aromatic heterocycles. The Hall–Kier alpha value is -2.63. The molecule has 3 heterocycles. The van der Waals surface area contributed by atoms with Crippen LogP contribution in [0.2, 0.25) is 0 Å². The lowest BCUT2D eigenvalue weighted by atomic mass is 9.95. The normalized spacial score (nSPS) is 18.2. The molecule has 1 amide bonds. The van der Waals surface area contributed by atoms with Crippen LogP contribution in [-0.2, 0) is 0 Å². The number of carbonyl (C=O) groups is 1. The lowest BCUT2D eigenvalue weighted by Gasteiger charge is -2.25. The Kier molecular flexibility index (Phi) is 6.97. The van der Waals surface area contributed by atoms with Gasteiger partial charge in [-0.1, -0.05) is 5.10 Å². The fraction of sp³-hybridized carbons (Fsp3) is 0.381. The van der Waals surface area contributed by atoms with Gasteiger partial charge in [0.15, 0.2) is 0 Å². The van der Waals surface area contributed by atoms with E-state index in [0.717, 1.165) is 36.3 Å². The number of hydrogen-bond donors (Lipinski definition) is 2. The molecule has 9 nitrogen and oxygen atoms in total. The number of ether oxygens (including phenoxy) is 2. The summed E-state index contributed by atoms with van der Waals surface area (Å²) >= 11 is 4.52. The number of aryl methyl sites for hydroxylation is 1. The first-order chi connectivity index (χ1) is 15.4. The van der Waals surface area contributed by atoms with Gasteiger partial charge in [-0.15, -0.1) is 5.10 Å². The zero-order chi connectivity index (χ0) is 22.7. The number of rotatable bonds is 6. The maximum atomic E-state index is 13.1. The summed E-state index contributed by atoms with van der Waals surface area (Å²) in [5, 5.41) is 21.3. The lowest BCUT2D eigenvalue weighted by Crippen LogP contribution is -2.28. The Labute approximate surface area is 197 Å². The molecule has 1 aliphatic carbocycles. The second-order valence-electron chi connectivity index (χ2n) is 7.47. The van der Waals surface area contributed by atoms with Crippen molar-refractivity contribution in [2.75, 3.05) is 12.4 Å². The summed E-state index contributed by atoms with van der Waals surface area (Å²) < 4.78 is 11.9. The Morgan fingerprint density at radius 3 is 2.84 bits per heavy atom. The number of pyridine rings is 2. The zero-order valence-corrected chi connectivity index (χ0v) is 19.9. The van der Waals surface area contributed by atoms with Crippen molar-refractivity contribution in [2.24, 2.45) is 0 Å². The molecule has 0 bridgehead atoms. The maximum Gasteiger partial charge on any atom is 0.296 e. The molecule has 0 unspecified atom stereocenters. The van der Waals surface area contributed by atoms with Gasteiger partial charge < -0.3 is 14.6 Å². The summed E-state index contributed by atoms with van der Waals surface area (Å²) in [7, 11) is 1.55. The zero-order valence-electron chi connectivity index (χ0n) is 17.5. The molecule has 0 saturated heterocycles. The molecular weight excluding hydrogens is 498 g/mol. The van der Waals surface area contributed by atoms with E-state index >= 15 is 0 Å². The first-order valence-corrected chi connectivity index (χ1v) is 11.7. The summed E-state index contributed by atoms with van der Waals surface area (Å²) in [5.41, 5.74) is 2.49. The minimum Gasteiger partial charge on any atom is -0.494 e. The number of nitrogens with zero attached hydrogens (tertiary/aromatic N) is 4. The van der Waals surface area contributed by atoms with Crippen LogP contribution in [0.25, 0.3) is 11.1 Å². The number of anilines is 1. The van der Waals surface area contributed by atoms with Crippen LogP contribution in [0.4, 0.5) is 5.13 Å². The maximum absolute atomic E-state index is 13.1. The third kappa shape index (κ3) is 5.22. The van der Waals surface area contributed by atoms with Crippen LogP contribution in [0.1, 0.15) is 41.7 Å². The smallest absolute Gasteiger partial charge is 0.296 e. The summed E-state index contributed by atoms with van der Waals surface area (Å²) in [4.78, 5) is 21.6. The van der Waals surface area contributed by atoms with E-state index in [4.69, 9.17) is 9.47 Å². The predicted octanol–water partition coefficient (Wildman–Crippen LogP) is 4.01. The second-order valence-corrected chi connectivity index (χ2v) is 9.22. The highest BCUT2D eigenvalue weighted by atomic mass is 79.9. The summed E-state index contributed by atoms with van der Waals surface area (Å²) in [5.74, 6) is 0.160. The van der Waals surface area contributed by atoms with Crippen LogP contribution in [0.3, 0.4) is 0 Å². The summed E-state index contributed by atoms with van der Waals surface area (Å²) in [6, 6.07) is 3.61. The molecule has 0 aliphatic heterocycles. The van der Waals surface area contributed by atoms with Gasteiger partial charge in [-0.3, -0.25) is 15.1 Å². The van der Waals surface area contributed by atoms with Crippen molar-refractivity contribution >= 4 is 38.3 Å². The number of aliphatic hydroxyl groups excluding tert-OH is 1.